The van der Waals surface area contributed by atoms with Crippen molar-refractivity contribution in [1.82, 2.24) is 9.97 Å². The molecule has 1 saturated heterocycles. The molecule has 0 bridgehead atoms. The molecule has 0 aromatic carbocycles. The van der Waals surface area contributed by atoms with Crippen molar-refractivity contribution in [2.45, 2.75) is 18.8 Å². The summed E-state index contributed by atoms with van der Waals surface area (Å²) in [6.45, 7) is 2.61. The molecule has 14 heavy (non-hydrogen) atoms. The van der Waals surface area contributed by atoms with Gasteiger partial charge in [-0.05, 0) is 24.7 Å². The van der Waals surface area contributed by atoms with Crippen LogP contribution >= 0.6 is 11.8 Å². The van der Waals surface area contributed by atoms with Gasteiger partial charge in [-0.2, -0.15) is 11.8 Å². The van der Waals surface area contributed by atoms with Crippen molar-refractivity contribution in [3.8, 4) is 0 Å². The fraction of sp³-hybridized carbons (Fsp3) is 0.600. The monoisotopic (exact) mass is 209 g/mol. The van der Waals surface area contributed by atoms with Crippen LogP contribution in [0.1, 0.15) is 17.8 Å². The van der Waals surface area contributed by atoms with E-state index in [1.807, 2.05) is 31.1 Å². The summed E-state index contributed by atoms with van der Waals surface area (Å²) in [6.07, 6.45) is 5.02. The largest absolute Gasteiger partial charge is 0.330 e. The molecule has 3 nitrogen and oxygen atoms in total. The van der Waals surface area contributed by atoms with Crippen LogP contribution in [-0.4, -0.2) is 28.0 Å². The number of rotatable bonds is 2. The number of hydrogen-bond acceptors (Lipinski definition) is 4. The number of aromatic nitrogens is 2. The molecule has 0 spiro atoms. The summed E-state index contributed by atoms with van der Waals surface area (Å²) in [5.41, 5.74) is 7.21. The third kappa shape index (κ3) is 1.64. The molecule has 2 heterocycles. The standard InChI is InChI=1S/C10H15N3S/c1-8-12-4-9(5-13-8)10(6-11)2-3-14-7-10/h4-5H,2-3,6-7,11H2,1H3. The molecule has 1 aromatic rings. The summed E-state index contributed by atoms with van der Waals surface area (Å²) in [7, 11) is 0. The average molecular weight is 209 g/mol. The molecule has 4 heteroatoms. The van der Waals surface area contributed by atoms with Crippen molar-refractivity contribution in [3.63, 3.8) is 0 Å². The summed E-state index contributed by atoms with van der Waals surface area (Å²) in [5.74, 6) is 3.13. The molecule has 2 N–H and O–H groups in total. The Morgan fingerprint density at radius 1 is 1.50 bits per heavy atom. The molecule has 0 radical (unpaired) electrons. The maximum atomic E-state index is 5.87. The van der Waals surface area contributed by atoms with Crippen LogP contribution in [0.2, 0.25) is 0 Å². The molecular weight excluding hydrogens is 194 g/mol. The van der Waals surface area contributed by atoms with Crippen molar-refractivity contribution < 1.29 is 0 Å². The molecule has 0 saturated carbocycles. The SMILES string of the molecule is Cc1ncc(C2(CN)CCSC2)cn1. The Morgan fingerprint density at radius 3 is 2.71 bits per heavy atom. The van der Waals surface area contributed by atoms with Crippen molar-refractivity contribution in [2.75, 3.05) is 18.1 Å². The number of hydrogen-bond donors (Lipinski definition) is 1. The van der Waals surface area contributed by atoms with E-state index in [-0.39, 0.29) is 5.41 Å². The maximum absolute atomic E-state index is 5.87. The Kier molecular flexibility index (Phi) is 2.74. The van der Waals surface area contributed by atoms with Gasteiger partial charge in [0.15, 0.2) is 0 Å². The van der Waals surface area contributed by atoms with E-state index in [1.54, 1.807) is 0 Å². The van der Waals surface area contributed by atoms with E-state index in [9.17, 15) is 0 Å². The Morgan fingerprint density at radius 2 is 2.21 bits per heavy atom. The van der Waals surface area contributed by atoms with Gasteiger partial charge in [0.05, 0.1) is 0 Å². The van der Waals surface area contributed by atoms with Crippen LogP contribution in [0.25, 0.3) is 0 Å². The second-order valence-corrected chi connectivity index (χ2v) is 4.91. The first-order valence-electron chi connectivity index (χ1n) is 4.84. The van der Waals surface area contributed by atoms with Gasteiger partial charge in [-0.1, -0.05) is 0 Å². The van der Waals surface area contributed by atoms with Crippen molar-refractivity contribution in [3.05, 3.63) is 23.8 Å². The van der Waals surface area contributed by atoms with Gasteiger partial charge >= 0.3 is 0 Å². The van der Waals surface area contributed by atoms with Crippen LogP contribution in [0.3, 0.4) is 0 Å². The van der Waals surface area contributed by atoms with Gasteiger partial charge in [0, 0.05) is 30.1 Å². The average Bonchev–Trinajstić information content (AvgIpc) is 2.68. The first-order chi connectivity index (χ1) is 6.77. The molecular formula is C10H15N3S. The number of aryl methyl sites for hydroxylation is 1. The highest BCUT2D eigenvalue weighted by Gasteiger charge is 2.35. The molecule has 1 aliphatic rings. The van der Waals surface area contributed by atoms with Gasteiger partial charge in [0.1, 0.15) is 5.82 Å². The molecule has 1 aliphatic heterocycles. The van der Waals surface area contributed by atoms with Gasteiger partial charge in [0.2, 0.25) is 0 Å². The quantitative estimate of drug-likeness (QED) is 0.793. The lowest BCUT2D eigenvalue weighted by atomic mass is 9.82. The minimum Gasteiger partial charge on any atom is -0.330 e. The fourth-order valence-electron chi connectivity index (χ4n) is 1.78. The normalized spacial score (nSPS) is 26.7. The zero-order valence-corrected chi connectivity index (χ0v) is 9.18. The van der Waals surface area contributed by atoms with E-state index in [4.69, 9.17) is 5.73 Å². The molecule has 1 atom stereocenters. The highest BCUT2D eigenvalue weighted by Crippen LogP contribution is 2.37. The van der Waals surface area contributed by atoms with Crippen LogP contribution in [-0.2, 0) is 5.41 Å². The van der Waals surface area contributed by atoms with Crippen molar-refractivity contribution in [2.24, 2.45) is 5.73 Å². The lowest BCUT2D eigenvalue weighted by molar-refractivity contribution is 0.493. The van der Waals surface area contributed by atoms with Crippen LogP contribution < -0.4 is 5.73 Å². The van der Waals surface area contributed by atoms with E-state index in [0.717, 1.165) is 18.0 Å². The van der Waals surface area contributed by atoms with Crippen molar-refractivity contribution >= 4 is 11.8 Å². The van der Waals surface area contributed by atoms with E-state index < -0.39 is 0 Å². The van der Waals surface area contributed by atoms with E-state index in [2.05, 4.69) is 9.97 Å². The Balaban J connectivity index is 2.31. The van der Waals surface area contributed by atoms with Gasteiger partial charge in [-0.3, -0.25) is 0 Å². The topological polar surface area (TPSA) is 51.8 Å². The van der Waals surface area contributed by atoms with Gasteiger partial charge < -0.3 is 5.73 Å². The van der Waals surface area contributed by atoms with Crippen molar-refractivity contribution in [1.29, 1.82) is 0 Å². The van der Waals surface area contributed by atoms with Crippen LogP contribution in [0.15, 0.2) is 12.4 Å². The molecule has 1 aromatic heterocycles. The molecule has 76 valence electrons. The number of thioether (sulfide) groups is 1. The number of nitrogens with two attached hydrogens (primary N) is 1. The molecule has 2 rings (SSSR count). The van der Waals surface area contributed by atoms with E-state index in [0.29, 0.717) is 6.54 Å². The summed E-state index contributed by atoms with van der Waals surface area (Å²) in [4.78, 5) is 8.48. The second kappa shape index (κ2) is 3.87. The smallest absolute Gasteiger partial charge is 0.125 e. The van der Waals surface area contributed by atoms with Crippen LogP contribution in [0, 0.1) is 6.92 Å². The molecule has 1 fully saturated rings. The van der Waals surface area contributed by atoms with E-state index in [1.165, 1.54) is 11.3 Å². The lowest BCUT2D eigenvalue weighted by Gasteiger charge is -2.25. The summed E-state index contributed by atoms with van der Waals surface area (Å²) in [5, 5.41) is 0. The first kappa shape index (κ1) is 9.93. The predicted molar refractivity (Wildman–Crippen MR) is 59.4 cm³/mol. The predicted octanol–water partition coefficient (Wildman–Crippen LogP) is 1.12. The van der Waals surface area contributed by atoms with Crippen LogP contribution in [0.5, 0.6) is 0 Å². The summed E-state index contributed by atoms with van der Waals surface area (Å²) >= 11 is 1.97. The zero-order chi connectivity index (χ0) is 10.0. The lowest BCUT2D eigenvalue weighted by Crippen LogP contribution is -2.35. The maximum Gasteiger partial charge on any atom is 0.125 e. The van der Waals surface area contributed by atoms with Gasteiger partial charge in [-0.25, -0.2) is 9.97 Å². The highest BCUT2D eigenvalue weighted by molar-refractivity contribution is 7.99. The van der Waals surface area contributed by atoms with Gasteiger partial charge in [-0.15, -0.1) is 0 Å². The molecule has 0 aliphatic carbocycles. The Hall–Kier alpha value is -0.610. The zero-order valence-electron chi connectivity index (χ0n) is 8.36. The van der Waals surface area contributed by atoms with Gasteiger partial charge in [0.25, 0.3) is 0 Å². The molecule has 0 amide bonds. The molecule has 1 unspecified atom stereocenters. The van der Waals surface area contributed by atoms with Crippen LogP contribution in [0.4, 0.5) is 0 Å². The number of nitrogens with zero attached hydrogens (tertiary/aromatic N) is 2. The second-order valence-electron chi connectivity index (χ2n) is 3.81. The highest BCUT2D eigenvalue weighted by atomic mass is 32.2. The Bertz CT molecular complexity index is 304. The summed E-state index contributed by atoms with van der Waals surface area (Å²) in [6, 6.07) is 0. The minimum absolute atomic E-state index is 0.137. The van der Waals surface area contributed by atoms with E-state index >= 15 is 0 Å². The Labute approximate surface area is 88.5 Å². The fourth-order valence-corrected chi connectivity index (χ4v) is 3.28. The third-order valence-corrected chi connectivity index (χ3v) is 4.14. The summed E-state index contributed by atoms with van der Waals surface area (Å²) < 4.78 is 0. The first-order valence-corrected chi connectivity index (χ1v) is 5.99. The minimum atomic E-state index is 0.137. The third-order valence-electron chi connectivity index (χ3n) is 2.89.